The number of aryl methyl sites for hydroxylation is 2. The lowest BCUT2D eigenvalue weighted by atomic mass is 9.59. The van der Waals surface area contributed by atoms with Crippen LogP contribution in [0.25, 0.3) is 22.6 Å². The highest BCUT2D eigenvalue weighted by Gasteiger charge is 2.56. The van der Waals surface area contributed by atoms with Crippen molar-refractivity contribution in [3.8, 4) is 17.2 Å². The van der Waals surface area contributed by atoms with Gasteiger partial charge in [0.1, 0.15) is 11.3 Å². The van der Waals surface area contributed by atoms with Gasteiger partial charge in [0.05, 0.1) is 22.0 Å². The number of rotatable bonds is 3. The lowest BCUT2D eigenvalue weighted by Crippen LogP contribution is -2.39. The molecular formula is C37H27BrN2O6. The molecule has 0 spiro atoms. The molecule has 46 heavy (non-hydrogen) atoms. The summed E-state index contributed by atoms with van der Waals surface area (Å²) >= 11 is 3.27. The average Bonchev–Trinajstić information content (AvgIpc) is 3.59. The number of aromatic nitrogens is 1. The molecule has 1 aliphatic heterocycles. The number of hydrogen-bond donors (Lipinski definition) is 1. The van der Waals surface area contributed by atoms with Gasteiger partial charge in [-0.25, -0.2) is 4.98 Å². The number of phenols is 1. The zero-order valence-corrected chi connectivity index (χ0v) is 26.5. The van der Waals surface area contributed by atoms with E-state index in [0.29, 0.717) is 51.4 Å². The van der Waals surface area contributed by atoms with Crippen molar-refractivity contribution < 1.29 is 28.7 Å². The van der Waals surface area contributed by atoms with Crippen LogP contribution in [0.4, 0.5) is 5.69 Å². The molecule has 8 rings (SSSR count). The number of carbonyl (C=O) groups is 4. The van der Waals surface area contributed by atoms with E-state index in [1.807, 2.05) is 42.5 Å². The van der Waals surface area contributed by atoms with E-state index in [4.69, 9.17) is 4.42 Å². The number of imide groups is 1. The molecule has 3 aliphatic carbocycles. The predicted molar refractivity (Wildman–Crippen MR) is 174 cm³/mol. The van der Waals surface area contributed by atoms with Crippen LogP contribution in [0.15, 0.2) is 98.4 Å². The summed E-state index contributed by atoms with van der Waals surface area (Å²) in [6.07, 6.45) is 3.84. The average molecular weight is 676 g/mol. The number of allylic oxidation sites excluding steroid dienone is 6. The zero-order valence-electron chi connectivity index (χ0n) is 24.9. The molecular weight excluding hydrogens is 648 g/mol. The van der Waals surface area contributed by atoms with Crippen LogP contribution in [-0.4, -0.2) is 33.5 Å². The Labute approximate surface area is 272 Å². The van der Waals surface area contributed by atoms with Crippen LogP contribution in [0, 0.1) is 31.6 Å². The van der Waals surface area contributed by atoms with Gasteiger partial charge in [0.2, 0.25) is 17.7 Å². The van der Waals surface area contributed by atoms with Gasteiger partial charge in [-0.15, -0.1) is 0 Å². The quantitative estimate of drug-likeness (QED) is 0.145. The molecule has 2 heterocycles. The van der Waals surface area contributed by atoms with E-state index >= 15 is 0 Å². The largest absolute Gasteiger partial charge is 0.507 e. The van der Waals surface area contributed by atoms with Crippen molar-refractivity contribution >= 4 is 56.1 Å². The van der Waals surface area contributed by atoms with E-state index in [-0.39, 0.29) is 40.0 Å². The molecule has 8 nitrogen and oxygen atoms in total. The molecule has 1 fully saturated rings. The minimum Gasteiger partial charge on any atom is -0.507 e. The first-order chi connectivity index (χ1) is 22.1. The number of Topliss-reactive ketones (excluding diaryl/α,β-unsaturated/α-hetero) is 1. The maximum absolute atomic E-state index is 14.3. The molecule has 0 radical (unpaired) electrons. The summed E-state index contributed by atoms with van der Waals surface area (Å²) in [6, 6.07) is 18.2. The van der Waals surface area contributed by atoms with Crippen molar-refractivity contribution in [1.29, 1.82) is 0 Å². The summed E-state index contributed by atoms with van der Waals surface area (Å²) in [5.41, 5.74) is 6.29. The maximum Gasteiger partial charge on any atom is 0.238 e. The number of carbonyl (C=O) groups excluding carboxylic acids is 4. The van der Waals surface area contributed by atoms with Crippen molar-refractivity contribution in [2.24, 2.45) is 17.8 Å². The Morgan fingerprint density at radius 2 is 1.65 bits per heavy atom. The molecule has 4 aliphatic rings. The van der Waals surface area contributed by atoms with E-state index in [1.54, 1.807) is 38.1 Å². The van der Waals surface area contributed by atoms with Gasteiger partial charge in [-0.1, -0.05) is 35.9 Å². The number of amides is 2. The first kappa shape index (κ1) is 28.6. The second kappa shape index (κ2) is 10.3. The monoisotopic (exact) mass is 674 g/mol. The summed E-state index contributed by atoms with van der Waals surface area (Å²) in [5.74, 6) is -2.82. The Kier molecular flexibility index (Phi) is 6.41. The molecule has 0 unspecified atom stereocenters. The van der Waals surface area contributed by atoms with Gasteiger partial charge in [-0.2, -0.15) is 0 Å². The first-order valence-corrected chi connectivity index (χ1v) is 15.9. The summed E-state index contributed by atoms with van der Waals surface area (Å²) in [4.78, 5) is 61.0. The van der Waals surface area contributed by atoms with Gasteiger partial charge in [0, 0.05) is 28.7 Å². The summed E-state index contributed by atoms with van der Waals surface area (Å²) in [5, 5.41) is 10.5. The third kappa shape index (κ3) is 4.14. The lowest BCUT2D eigenvalue weighted by Gasteiger charge is -2.42. The highest BCUT2D eigenvalue weighted by molar-refractivity contribution is 9.12. The molecule has 4 aromatic rings. The number of phenolic OH excluding ortho intramolecular Hbond substituents is 1. The molecule has 4 atom stereocenters. The van der Waals surface area contributed by atoms with Gasteiger partial charge >= 0.3 is 0 Å². The first-order valence-electron chi connectivity index (χ1n) is 15.2. The standard InChI is InChI=1S/C37H27BrN2O6/c1-17-13-20(14-18(2)33(17)42)30-22-11-12-23-31(24(22)15-25-32(30)28(41)16-26(38)34(25)43)37(45)40(36(23)44)21-9-7-19(8-10-21)35-39-27-5-3-4-6-29(27)46-35/h3-11,13-14,16,23-24,30-31,42H,12,15H2,1-2H3/t23-,24+,30-,31-/m0/s1. The number of fused-ring (bicyclic) bond motifs is 4. The van der Waals surface area contributed by atoms with Crippen molar-refractivity contribution in [2.75, 3.05) is 4.90 Å². The molecule has 3 aromatic carbocycles. The summed E-state index contributed by atoms with van der Waals surface area (Å²) < 4.78 is 6.07. The molecule has 1 aromatic heterocycles. The third-order valence-corrected chi connectivity index (χ3v) is 10.4. The van der Waals surface area contributed by atoms with Gasteiger partial charge in [0.25, 0.3) is 0 Å². The van der Waals surface area contributed by atoms with Crippen LogP contribution in [0.2, 0.25) is 0 Å². The summed E-state index contributed by atoms with van der Waals surface area (Å²) in [6.45, 7) is 3.59. The number of benzene rings is 3. The number of ketones is 2. The minimum absolute atomic E-state index is 0.172. The topological polar surface area (TPSA) is 118 Å². The Balaban J connectivity index is 1.17. The van der Waals surface area contributed by atoms with Crippen molar-refractivity contribution in [2.45, 2.75) is 32.6 Å². The predicted octanol–water partition coefficient (Wildman–Crippen LogP) is 6.78. The molecule has 0 bridgehead atoms. The second-order valence-corrected chi connectivity index (χ2v) is 13.3. The Hall–Kier alpha value is -4.89. The number of aromatic hydroxyl groups is 1. The molecule has 1 saturated heterocycles. The summed E-state index contributed by atoms with van der Waals surface area (Å²) in [7, 11) is 0. The van der Waals surface area contributed by atoms with Gasteiger partial charge in [-0.05, 0) is 102 Å². The van der Waals surface area contributed by atoms with E-state index in [0.717, 1.165) is 16.7 Å². The van der Waals surface area contributed by atoms with Crippen molar-refractivity contribution in [1.82, 2.24) is 4.98 Å². The van der Waals surface area contributed by atoms with Gasteiger partial charge in [-0.3, -0.25) is 24.1 Å². The Morgan fingerprint density at radius 3 is 2.37 bits per heavy atom. The van der Waals surface area contributed by atoms with Crippen LogP contribution in [-0.2, 0) is 19.2 Å². The normalized spacial score (nSPS) is 24.2. The van der Waals surface area contributed by atoms with E-state index in [2.05, 4.69) is 20.9 Å². The van der Waals surface area contributed by atoms with Gasteiger partial charge in [0.15, 0.2) is 17.1 Å². The Bertz CT molecular complexity index is 2100. The second-order valence-electron chi connectivity index (χ2n) is 12.4. The van der Waals surface area contributed by atoms with Crippen LogP contribution < -0.4 is 4.90 Å². The number of oxazole rings is 1. The van der Waals surface area contributed by atoms with E-state index in [1.165, 1.54) is 11.0 Å². The zero-order chi connectivity index (χ0) is 32.0. The molecule has 1 N–H and O–H groups in total. The molecule has 2 amide bonds. The highest BCUT2D eigenvalue weighted by atomic mass is 79.9. The fraction of sp³-hybridized carbons (Fsp3) is 0.216. The van der Waals surface area contributed by atoms with Crippen LogP contribution in [0.5, 0.6) is 5.75 Å². The van der Waals surface area contributed by atoms with Crippen LogP contribution in [0.3, 0.4) is 0 Å². The number of para-hydroxylation sites is 2. The van der Waals surface area contributed by atoms with Crippen LogP contribution >= 0.6 is 15.9 Å². The highest BCUT2D eigenvalue weighted by Crippen LogP contribution is 2.56. The van der Waals surface area contributed by atoms with Crippen LogP contribution in [0.1, 0.15) is 35.4 Å². The smallest absolute Gasteiger partial charge is 0.238 e. The lowest BCUT2D eigenvalue weighted by molar-refractivity contribution is -0.123. The van der Waals surface area contributed by atoms with E-state index < -0.39 is 23.7 Å². The van der Waals surface area contributed by atoms with Gasteiger partial charge < -0.3 is 9.52 Å². The third-order valence-electron chi connectivity index (χ3n) is 9.84. The fourth-order valence-corrected chi connectivity index (χ4v) is 8.19. The Morgan fingerprint density at radius 1 is 0.935 bits per heavy atom. The number of halogens is 1. The number of nitrogens with zero attached hydrogens (tertiary/aromatic N) is 2. The molecule has 228 valence electrons. The molecule has 9 heteroatoms. The SMILES string of the molecule is Cc1cc([C@H]2C3=CC[C@@H]4C(=O)N(c5ccc(-c6nc7ccccc7o6)cc5)C(=O)[C@@H]4[C@@H]3CC3=C2C(=O)C=C(Br)C3=O)cc(C)c1O. The molecule has 0 saturated carbocycles. The minimum atomic E-state index is -0.687. The maximum atomic E-state index is 14.3. The van der Waals surface area contributed by atoms with Crippen molar-refractivity contribution in [3.05, 3.63) is 111 Å². The van der Waals surface area contributed by atoms with E-state index in [9.17, 15) is 24.3 Å². The van der Waals surface area contributed by atoms with Crippen molar-refractivity contribution in [3.63, 3.8) is 0 Å². The number of hydrogen-bond acceptors (Lipinski definition) is 7. The number of anilines is 1. The fourth-order valence-electron chi connectivity index (χ4n) is 7.75.